The molecule has 4 heteroatoms. The van der Waals surface area contributed by atoms with Crippen molar-refractivity contribution in [3.8, 4) is 0 Å². The molecule has 0 rings (SSSR count). The van der Waals surface area contributed by atoms with Crippen molar-refractivity contribution in [2.24, 2.45) is 11.5 Å². The van der Waals surface area contributed by atoms with Gasteiger partial charge < -0.3 is 16.8 Å². The van der Waals surface area contributed by atoms with Gasteiger partial charge in [0.1, 0.15) is 0 Å². The molecular formula is C4H9N3O. The minimum absolute atomic E-state index is 0.0179. The van der Waals surface area contributed by atoms with Crippen LogP contribution in [0.3, 0.4) is 0 Å². The number of rotatable bonds is 1. The van der Waals surface area contributed by atoms with Crippen LogP contribution >= 0.6 is 0 Å². The summed E-state index contributed by atoms with van der Waals surface area (Å²) in [6.45, 7) is 0. The zero-order valence-electron chi connectivity index (χ0n) is 4.64. The first-order valence-corrected chi connectivity index (χ1v) is 2.11. The van der Waals surface area contributed by atoms with E-state index in [4.69, 9.17) is 11.5 Å². The van der Waals surface area contributed by atoms with E-state index in [2.05, 4.69) is 5.32 Å². The fourth-order valence-electron chi connectivity index (χ4n) is 0.224. The quantitative estimate of drug-likeness (QED) is 0.363. The summed E-state index contributed by atoms with van der Waals surface area (Å²) >= 11 is 0. The number of hydrogen-bond donors (Lipinski definition) is 3. The van der Waals surface area contributed by atoms with Gasteiger partial charge in [-0.2, -0.15) is 0 Å². The molecule has 0 saturated heterocycles. The van der Waals surface area contributed by atoms with Gasteiger partial charge in [0, 0.05) is 13.1 Å². The molecule has 0 aliphatic carbocycles. The average molecular weight is 115 g/mol. The molecule has 46 valence electrons. The molecule has 4 nitrogen and oxygen atoms in total. The number of likely N-dealkylation sites (N-methyl/N-ethyl adjacent to an activating group) is 1. The number of nitrogens with one attached hydrogen (secondary N) is 1. The van der Waals surface area contributed by atoms with E-state index >= 15 is 0 Å². The molecule has 0 aromatic heterocycles. The van der Waals surface area contributed by atoms with Gasteiger partial charge in [0.2, 0.25) is 5.91 Å². The average Bonchev–Trinajstić information content (AvgIpc) is 1.65. The van der Waals surface area contributed by atoms with Crippen LogP contribution in [0, 0.1) is 0 Å². The van der Waals surface area contributed by atoms with Crippen molar-refractivity contribution in [1.29, 1.82) is 0 Å². The molecule has 0 heterocycles. The highest BCUT2D eigenvalue weighted by Gasteiger charge is 1.87. The molecule has 0 unspecified atom stereocenters. The van der Waals surface area contributed by atoms with E-state index in [1.807, 2.05) is 0 Å². The van der Waals surface area contributed by atoms with Crippen LogP contribution < -0.4 is 16.8 Å². The predicted molar refractivity (Wildman–Crippen MR) is 30.5 cm³/mol. The van der Waals surface area contributed by atoms with Crippen molar-refractivity contribution in [3.05, 3.63) is 11.9 Å². The summed E-state index contributed by atoms with van der Waals surface area (Å²) in [6, 6.07) is 0. The van der Waals surface area contributed by atoms with Crippen LogP contribution in [0.4, 0.5) is 0 Å². The maximum Gasteiger partial charge on any atom is 0.247 e. The number of amides is 1. The first-order valence-electron chi connectivity index (χ1n) is 2.11. The van der Waals surface area contributed by atoms with E-state index in [0.29, 0.717) is 0 Å². The Hall–Kier alpha value is -1.19. The van der Waals surface area contributed by atoms with Gasteiger partial charge in [-0.1, -0.05) is 0 Å². The standard InChI is InChI=1S/C4H9N3O/c1-7-4(8)2-3(5)6/h2H,5-6H2,1H3,(H,7,8). The maximum atomic E-state index is 10.3. The third-order valence-electron chi connectivity index (χ3n) is 0.544. The third kappa shape index (κ3) is 3.02. The molecule has 0 aromatic rings. The van der Waals surface area contributed by atoms with Crippen molar-refractivity contribution >= 4 is 5.91 Å². The zero-order chi connectivity index (χ0) is 6.57. The third-order valence-corrected chi connectivity index (χ3v) is 0.544. The second-order valence-electron chi connectivity index (χ2n) is 1.26. The van der Waals surface area contributed by atoms with Crippen LogP contribution in [0.2, 0.25) is 0 Å². The molecular weight excluding hydrogens is 106 g/mol. The van der Waals surface area contributed by atoms with Crippen molar-refractivity contribution in [2.75, 3.05) is 7.05 Å². The van der Waals surface area contributed by atoms with Crippen molar-refractivity contribution in [2.45, 2.75) is 0 Å². The lowest BCUT2D eigenvalue weighted by atomic mass is 10.5. The lowest BCUT2D eigenvalue weighted by Crippen LogP contribution is -2.19. The smallest absolute Gasteiger partial charge is 0.247 e. The van der Waals surface area contributed by atoms with Gasteiger partial charge in [0.25, 0.3) is 0 Å². The van der Waals surface area contributed by atoms with E-state index in [-0.39, 0.29) is 11.7 Å². The lowest BCUT2D eigenvalue weighted by molar-refractivity contribution is -0.116. The predicted octanol–water partition coefficient (Wildman–Crippen LogP) is -1.51. The first kappa shape index (κ1) is 6.81. The van der Waals surface area contributed by atoms with E-state index in [1.54, 1.807) is 0 Å². The van der Waals surface area contributed by atoms with Crippen LogP contribution in [0.15, 0.2) is 11.9 Å². The molecule has 0 radical (unpaired) electrons. The van der Waals surface area contributed by atoms with Gasteiger partial charge in [-0.25, -0.2) is 0 Å². The highest BCUT2D eigenvalue weighted by molar-refractivity contribution is 5.87. The topological polar surface area (TPSA) is 81.1 Å². The van der Waals surface area contributed by atoms with Gasteiger partial charge in [-0.15, -0.1) is 0 Å². The summed E-state index contributed by atoms with van der Waals surface area (Å²) < 4.78 is 0. The van der Waals surface area contributed by atoms with Crippen LogP contribution in [-0.2, 0) is 4.79 Å². The molecule has 1 amide bonds. The molecule has 0 aliphatic rings. The summed E-state index contributed by atoms with van der Waals surface area (Å²) in [5.74, 6) is -0.269. The van der Waals surface area contributed by atoms with Crippen molar-refractivity contribution < 1.29 is 4.79 Å². The molecule has 5 N–H and O–H groups in total. The Bertz CT molecular complexity index is 114. The van der Waals surface area contributed by atoms with Gasteiger partial charge in [0.05, 0.1) is 5.82 Å². The first-order chi connectivity index (χ1) is 3.66. The fourth-order valence-corrected chi connectivity index (χ4v) is 0.224. The summed E-state index contributed by atoms with van der Waals surface area (Å²) in [5, 5.41) is 2.32. The van der Waals surface area contributed by atoms with Crippen LogP contribution in [0.5, 0.6) is 0 Å². The van der Waals surface area contributed by atoms with E-state index in [0.717, 1.165) is 6.08 Å². The summed E-state index contributed by atoms with van der Waals surface area (Å²) in [4.78, 5) is 10.3. The molecule has 0 saturated carbocycles. The van der Waals surface area contributed by atoms with Gasteiger partial charge in [-0.05, 0) is 0 Å². The Labute approximate surface area is 47.5 Å². The highest BCUT2D eigenvalue weighted by Crippen LogP contribution is 1.68. The Morgan fingerprint density at radius 1 is 1.62 bits per heavy atom. The zero-order valence-corrected chi connectivity index (χ0v) is 4.64. The highest BCUT2D eigenvalue weighted by atomic mass is 16.1. The second kappa shape index (κ2) is 2.90. The molecule has 0 aromatic carbocycles. The molecule has 0 fully saturated rings. The maximum absolute atomic E-state index is 10.3. The summed E-state index contributed by atoms with van der Waals surface area (Å²) in [6.07, 6.45) is 1.11. The Morgan fingerprint density at radius 2 is 2.12 bits per heavy atom. The van der Waals surface area contributed by atoms with E-state index < -0.39 is 0 Å². The molecule has 0 atom stereocenters. The van der Waals surface area contributed by atoms with Crippen LogP contribution in [0.25, 0.3) is 0 Å². The van der Waals surface area contributed by atoms with Gasteiger partial charge in [0.15, 0.2) is 0 Å². The number of hydrogen-bond acceptors (Lipinski definition) is 3. The second-order valence-corrected chi connectivity index (χ2v) is 1.26. The molecule has 0 spiro atoms. The SMILES string of the molecule is CNC(=O)C=C(N)N. The molecule has 0 aliphatic heterocycles. The van der Waals surface area contributed by atoms with Gasteiger partial charge in [-0.3, -0.25) is 4.79 Å². The fraction of sp³-hybridized carbons (Fsp3) is 0.250. The monoisotopic (exact) mass is 115 g/mol. The lowest BCUT2D eigenvalue weighted by Gasteiger charge is -1.89. The summed E-state index contributed by atoms with van der Waals surface area (Å²) in [5.41, 5.74) is 9.89. The minimum Gasteiger partial charge on any atom is -0.386 e. The number of carbonyl (C=O) groups excluding carboxylic acids is 1. The largest absolute Gasteiger partial charge is 0.386 e. The number of carbonyl (C=O) groups is 1. The molecule has 0 bridgehead atoms. The minimum atomic E-state index is -0.287. The number of nitrogens with two attached hydrogens (primary N) is 2. The van der Waals surface area contributed by atoms with E-state index in [1.165, 1.54) is 7.05 Å². The Balaban J connectivity index is 3.70. The van der Waals surface area contributed by atoms with Gasteiger partial charge >= 0.3 is 0 Å². The van der Waals surface area contributed by atoms with Crippen molar-refractivity contribution in [1.82, 2.24) is 5.32 Å². The summed E-state index contributed by atoms with van der Waals surface area (Å²) in [7, 11) is 1.50. The Kier molecular flexibility index (Phi) is 2.47. The van der Waals surface area contributed by atoms with Crippen LogP contribution in [-0.4, -0.2) is 13.0 Å². The van der Waals surface area contributed by atoms with Crippen molar-refractivity contribution in [3.63, 3.8) is 0 Å². The van der Waals surface area contributed by atoms with Crippen LogP contribution in [0.1, 0.15) is 0 Å². The normalized spacial score (nSPS) is 7.62. The van der Waals surface area contributed by atoms with E-state index in [9.17, 15) is 4.79 Å². The Morgan fingerprint density at radius 3 is 2.25 bits per heavy atom. The molecule has 8 heavy (non-hydrogen) atoms.